The molecule has 1 aliphatic heterocycles. The van der Waals surface area contributed by atoms with E-state index in [1.165, 1.54) is 0 Å². The molecule has 0 aromatic carbocycles. The van der Waals surface area contributed by atoms with Gasteiger partial charge in [-0.15, -0.1) is 0 Å². The summed E-state index contributed by atoms with van der Waals surface area (Å²) < 4.78 is 0. The first kappa shape index (κ1) is 11.5. The summed E-state index contributed by atoms with van der Waals surface area (Å²) in [5, 5.41) is 0. The van der Waals surface area contributed by atoms with E-state index in [4.69, 9.17) is 12.2 Å². The zero-order chi connectivity index (χ0) is 9.10. The van der Waals surface area contributed by atoms with Crippen molar-refractivity contribution in [2.24, 2.45) is 4.99 Å². The van der Waals surface area contributed by atoms with Gasteiger partial charge in [0.05, 0.1) is 5.69 Å². The highest BCUT2D eigenvalue weighted by atomic mass is 32.1. The molecule has 68 valence electrons. The van der Waals surface area contributed by atoms with Crippen LogP contribution in [0, 0.1) is 0 Å². The van der Waals surface area contributed by atoms with E-state index in [1.807, 2.05) is 24.3 Å². The maximum absolute atomic E-state index is 5.19. The number of rotatable bonds is 1. The average molecular weight is 215 g/mol. The van der Waals surface area contributed by atoms with Gasteiger partial charge in [-0.3, -0.25) is 9.98 Å². The molecule has 0 atom stereocenters. The lowest BCUT2D eigenvalue weighted by molar-refractivity contribution is 1.28. The highest BCUT2D eigenvalue weighted by molar-refractivity contribution is 7.82. The van der Waals surface area contributed by atoms with Crippen molar-refractivity contribution in [2.75, 3.05) is 0 Å². The molecule has 0 saturated carbocycles. The first-order chi connectivity index (χ1) is 6.38. The fourth-order valence-corrected chi connectivity index (χ4v) is 1.42. The predicted octanol–water partition coefficient (Wildman–Crippen LogP) is 1.24. The molecule has 2 heterocycles. The highest BCUT2D eigenvalue weighted by Crippen LogP contribution is 2.07. The second kappa shape index (κ2) is 5.33. The number of aliphatic imine (C=N–C) groups is 1. The maximum atomic E-state index is 5.19. The third-order valence-electron chi connectivity index (χ3n) is 1.78. The van der Waals surface area contributed by atoms with Crippen LogP contribution in [-0.2, 0) is 0 Å². The summed E-state index contributed by atoms with van der Waals surface area (Å²) in [4.78, 5) is 9.28. The molecular weight excluding hydrogens is 204 g/mol. The van der Waals surface area contributed by atoms with Gasteiger partial charge in [-0.25, -0.2) is 0 Å². The van der Waals surface area contributed by atoms with Crippen LogP contribution in [0.2, 0.25) is 0 Å². The molecule has 1 aromatic rings. The molecule has 4 heteroatoms. The van der Waals surface area contributed by atoms with Crippen molar-refractivity contribution in [2.45, 2.75) is 6.42 Å². The minimum Gasteiger partial charge on any atom is -0.255 e. The maximum Gasteiger partial charge on any atom is 0.316 e. The molecule has 2 nitrogen and oxygen atoms in total. The van der Waals surface area contributed by atoms with Gasteiger partial charge in [0, 0.05) is 23.7 Å². The van der Waals surface area contributed by atoms with E-state index < -0.39 is 0 Å². The first-order valence-electron chi connectivity index (χ1n) is 4.05. The van der Waals surface area contributed by atoms with Gasteiger partial charge in [0.2, 0.25) is 0 Å². The Morgan fingerprint density at radius 1 is 1.29 bits per heavy atom. The summed E-state index contributed by atoms with van der Waals surface area (Å²) in [6, 6.07) is 5.74. The SMILES string of the molecule is S=C1CC=CN=C1c1ccccn1.[MgH2]. The van der Waals surface area contributed by atoms with Crippen LogP contribution in [0.4, 0.5) is 0 Å². The number of nitrogens with zero attached hydrogens (tertiary/aromatic N) is 2. The van der Waals surface area contributed by atoms with E-state index in [9.17, 15) is 0 Å². The number of thiocarbonyl (C=S) groups is 1. The quantitative estimate of drug-likeness (QED) is 0.519. The van der Waals surface area contributed by atoms with Gasteiger partial charge >= 0.3 is 23.1 Å². The number of hydrogen-bond acceptors (Lipinski definition) is 3. The molecule has 0 N–H and O–H groups in total. The van der Waals surface area contributed by atoms with E-state index in [0.717, 1.165) is 22.7 Å². The van der Waals surface area contributed by atoms with Crippen molar-refractivity contribution >= 4 is 45.8 Å². The van der Waals surface area contributed by atoms with E-state index >= 15 is 0 Å². The van der Waals surface area contributed by atoms with Gasteiger partial charge in [0.15, 0.2) is 0 Å². The van der Waals surface area contributed by atoms with Gasteiger partial charge < -0.3 is 0 Å². The van der Waals surface area contributed by atoms with E-state index in [-0.39, 0.29) is 23.1 Å². The van der Waals surface area contributed by atoms with Crippen LogP contribution < -0.4 is 0 Å². The Morgan fingerprint density at radius 3 is 2.79 bits per heavy atom. The second-order valence-corrected chi connectivity index (χ2v) is 3.20. The number of pyridine rings is 1. The van der Waals surface area contributed by atoms with Crippen molar-refractivity contribution in [1.29, 1.82) is 0 Å². The summed E-state index contributed by atoms with van der Waals surface area (Å²) in [5.41, 5.74) is 1.69. The Kier molecular flexibility index (Phi) is 4.38. The van der Waals surface area contributed by atoms with Gasteiger partial charge in [0.1, 0.15) is 5.71 Å². The normalized spacial score (nSPS) is 14.6. The summed E-state index contributed by atoms with van der Waals surface area (Å²) in [5.74, 6) is 0. The first-order valence-corrected chi connectivity index (χ1v) is 4.46. The zero-order valence-electron chi connectivity index (χ0n) is 6.97. The smallest absolute Gasteiger partial charge is 0.255 e. The minimum atomic E-state index is 0. The Labute approximate surface area is 104 Å². The largest absolute Gasteiger partial charge is 0.316 e. The molecule has 1 aromatic heterocycles. The molecule has 0 spiro atoms. The van der Waals surface area contributed by atoms with Gasteiger partial charge in [0.25, 0.3) is 0 Å². The van der Waals surface area contributed by atoms with Crippen molar-refractivity contribution in [3.63, 3.8) is 0 Å². The van der Waals surface area contributed by atoms with E-state index in [1.54, 1.807) is 12.4 Å². The molecule has 0 bridgehead atoms. The lowest BCUT2D eigenvalue weighted by Gasteiger charge is -2.07. The fourth-order valence-electron chi connectivity index (χ4n) is 1.17. The Morgan fingerprint density at radius 2 is 2.14 bits per heavy atom. The molecule has 0 unspecified atom stereocenters. The van der Waals surface area contributed by atoms with Crippen LogP contribution >= 0.6 is 12.2 Å². The standard InChI is InChI=1S/C10H8N2S.Mg.2H/c13-9-5-3-7-12-10(9)8-4-1-2-6-11-8;;;/h1-4,6-7H,5H2;;;. The second-order valence-electron chi connectivity index (χ2n) is 2.70. The van der Waals surface area contributed by atoms with Crippen molar-refractivity contribution in [1.82, 2.24) is 4.98 Å². The Hall–Kier alpha value is -0.584. The summed E-state index contributed by atoms with van der Waals surface area (Å²) >= 11 is 5.19. The Balaban J connectivity index is 0.000000980. The van der Waals surface area contributed by atoms with Crippen molar-refractivity contribution < 1.29 is 0 Å². The molecule has 1 aliphatic rings. The molecule has 2 rings (SSSR count). The van der Waals surface area contributed by atoms with Crippen LogP contribution in [0.25, 0.3) is 0 Å². The average Bonchev–Trinajstić information content (AvgIpc) is 2.20. The third-order valence-corrected chi connectivity index (χ3v) is 2.14. The van der Waals surface area contributed by atoms with Crippen LogP contribution in [0.3, 0.4) is 0 Å². The molecule has 0 saturated heterocycles. The summed E-state index contributed by atoms with van der Waals surface area (Å²) in [7, 11) is 0. The third kappa shape index (κ3) is 2.47. The predicted molar refractivity (Wildman–Crippen MR) is 65.7 cm³/mol. The monoisotopic (exact) mass is 214 g/mol. The Bertz CT molecular complexity index is 384. The molecular formula is C10H10MgN2S. The molecule has 0 fully saturated rings. The van der Waals surface area contributed by atoms with E-state index in [0.29, 0.717) is 0 Å². The van der Waals surface area contributed by atoms with Crippen LogP contribution in [0.15, 0.2) is 41.7 Å². The highest BCUT2D eigenvalue weighted by Gasteiger charge is 2.11. The topological polar surface area (TPSA) is 25.2 Å². The minimum absolute atomic E-state index is 0. The molecule has 0 aliphatic carbocycles. The van der Waals surface area contributed by atoms with E-state index in [2.05, 4.69) is 9.98 Å². The number of aromatic nitrogens is 1. The van der Waals surface area contributed by atoms with Crippen LogP contribution in [0.5, 0.6) is 0 Å². The van der Waals surface area contributed by atoms with Crippen molar-refractivity contribution in [3.8, 4) is 0 Å². The van der Waals surface area contributed by atoms with Gasteiger partial charge in [-0.05, 0) is 12.1 Å². The van der Waals surface area contributed by atoms with Crippen LogP contribution in [0.1, 0.15) is 12.1 Å². The van der Waals surface area contributed by atoms with Crippen LogP contribution in [-0.4, -0.2) is 38.6 Å². The fraction of sp³-hybridized carbons (Fsp3) is 0.100. The molecule has 0 radical (unpaired) electrons. The lowest BCUT2D eigenvalue weighted by Crippen LogP contribution is -2.15. The van der Waals surface area contributed by atoms with Gasteiger partial charge in [-0.2, -0.15) is 0 Å². The summed E-state index contributed by atoms with van der Waals surface area (Å²) in [6.45, 7) is 0. The number of hydrogen-bond donors (Lipinski definition) is 0. The van der Waals surface area contributed by atoms with Gasteiger partial charge in [-0.1, -0.05) is 24.4 Å². The number of allylic oxidation sites excluding steroid dienone is 1. The zero-order valence-corrected chi connectivity index (χ0v) is 7.79. The molecule has 0 amide bonds. The lowest BCUT2D eigenvalue weighted by atomic mass is 10.1. The summed E-state index contributed by atoms with van der Waals surface area (Å²) in [6.07, 6.45) is 6.28. The van der Waals surface area contributed by atoms with Crippen molar-refractivity contribution in [3.05, 3.63) is 42.4 Å². The molecule has 14 heavy (non-hydrogen) atoms.